The van der Waals surface area contributed by atoms with Crippen molar-refractivity contribution in [2.75, 3.05) is 26.0 Å². The number of esters is 1. The molecule has 1 rings (SSSR count). The molecular weight excluding hydrogens is 369 g/mol. The molecule has 10 heteroatoms. The molecule has 0 heterocycles. The number of carbonyl (C=O) groups excluding carboxylic acids is 4. The number of amides is 5. The summed E-state index contributed by atoms with van der Waals surface area (Å²) >= 11 is 5.89. The molecule has 5 amide bonds. The van der Waals surface area contributed by atoms with Crippen LogP contribution in [0.2, 0.25) is 5.02 Å². The number of hydrogen-bond acceptors (Lipinski definition) is 5. The van der Waals surface area contributed by atoms with Crippen LogP contribution in [-0.4, -0.2) is 61.5 Å². The van der Waals surface area contributed by atoms with E-state index in [1.165, 1.54) is 14.1 Å². The van der Waals surface area contributed by atoms with Gasteiger partial charge in [0.15, 0.2) is 0 Å². The second kappa shape index (κ2) is 8.61. The Balaban J connectivity index is 3.55. The molecule has 0 bridgehead atoms. The maximum atomic E-state index is 14.4. The number of hydrogen-bond donors (Lipinski definition) is 0. The summed E-state index contributed by atoms with van der Waals surface area (Å²) in [5, 5.41) is -0.245. The molecule has 0 N–H and O–H groups in total. The van der Waals surface area contributed by atoms with Gasteiger partial charge in [-0.1, -0.05) is 11.6 Å². The van der Waals surface area contributed by atoms with Gasteiger partial charge in [0.2, 0.25) is 6.41 Å². The third kappa shape index (κ3) is 4.69. The van der Waals surface area contributed by atoms with E-state index >= 15 is 0 Å². The Morgan fingerprint density at radius 3 is 2.19 bits per heavy atom. The number of halogens is 2. The first-order valence-corrected chi connectivity index (χ1v) is 7.82. The minimum Gasteiger partial charge on any atom is -0.459 e. The van der Waals surface area contributed by atoms with Crippen LogP contribution in [0.4, 0.5) is 19.7 Å². The molecule has 0 aliphatic carbocycles. The van der Waals surface area contributed by atoms with E-state index in [-0.39, 0.29) is 17.0 Å². The molecule has 1 aromatic carbocycles. The van der Waals surface area contributed by atoms with Crippen LogP contribution in [0.3, 0.4) is 0 Å². The van der Waals surface area contributed by atoms with Crippen molar-refractivity contribution in [3.8, 4) is 0 Å². The summed E-state index contributed by atoms with van der Waals surface area (Å²) in [6, 6.07) is -0.311. The van der Waals surface area contributed by atoms with Gasteiger partial charge in [-0.2, -0.15) is 0 Å². The van der Waals surface area contributed by atoms with Gasteiger partial charge in [0.25, 0.3) is 0 Å². The number of nitrogens with zero attached hydrogens (tertiary/aromatic N) is 3. The molecule has 0 fully saturated rings. The number of urea groups is 2. The smallest absolute Gasteiger partial charge is 0.339 e. The van der Waals surface area contributed by atoms with Crippen LogP contribution in [-0.2, 0) is 9.53 Å². The van der Waals surface area contributed by atoms with Gasteiger partial charge in [-0.3, -0.25) is 9.69 Å². The molecular formula is C16H19ClFN3O5. The molecule has 1 aromatic rings. The molecule has 0 spiro atoms. The van der Waals surface area contributed by atoms with Crippen LogP contribution in [0.5, 0.6) is 0 Å². The zero-order valence-electron chi connectivity index (χ0n) is 14.9. The molecule has 0 radical (unpaired) electrons. The Morgan fingerprint density at radius 2 is 1.73 bits per heavy atom. The van der Waals surface area contributed by atoms with Gasteiger partial charge < -0.3 is 9.64 Å². The predicted molar refractivity (Wildman–Crippen MR) is 92.7 cm³/mol. The molecule has 0 unspecified atom stereocenters. The molecule has 0 aliphatic rings. The fourth-order valence-electron chi connectivity index (χ4n) is 1.83. The quantitative estimate of drug-likeness (QED) is 0.585. The van der Waals surface area contributed by atoms with Crippen molar-refractivity contribution in [3.05, 3.63) is 28.5 Å². The van der Waals surface area contributed by atoms with Crippen molar-refractivity contribution in [3.63, 3.8) is 0 Å². The van der Waals surface area contributed by atoms with Crippen LogP contribution in [0.1, 0.15) is 24.2 Å². The van der Waals surface area contributed by atoms with Gasteiger partial charge in [0.1, 0.15) is 5.82 Å². The molecule has 8 nitrogen and oxygen atoms in total. The second-order valence-electron chi connectivity index (χ2n) is 5.75. The zero-order valence-corrected chi connectivity index (χ0v) is 15.7. The Kier molecular flexibility index (Phi) is 7.08. The van der Waals surface area contributed by atoms with E-state index in [2.05, 4.69) is 0 Å². The number of carbonyl (C=O) groups is 4. The summed E-state index contributed by atoms with van der Waals surface area (Å²) in [7, 11) is 3.78. The Labute approximate surface area is 155 Å². The molecule has 0 aliphatic heterocycles. The van der Waals surface area contributed by atoms with Gasteiger partial charge in [-0.15, -0.1) is 0 Å². The zero-order chi connectivity index (χ0) is 20.2. The van der Waals surface area contributed by atoms with Crippen LogP contribution in [0.15, 0.2) is 12.1 Å². The van der Waals surface area contributed by atoms with E-state index in [0.717, 1.165) is 24.1 Å². The molecule has 26 heavy (non-hydrogen) atoms. The number of ether oxygens (including phenoxy) is 1. The summed E-state index contributed by atoms with van der Waals surface area (Å²) in [5.74, 6) is -1.88. The standard InChI is InChI=1S/C16H19ClFN3O5/c1-9(2)26-14(23)10-6-13(12(18)7-11(10)17)21(15(24)19(3)4)16(25)20(5)8-22/h6-9H,1-5H3. The summed E-state index contributed by atoms with van der Waals surface area (Å²) in [6.45, 7) is 3.22. The fraction of sp³-hybridized carbons (Fsp3) is 0.375. The minimum absolute atomic E-state index is 0.167. The van der Waals surface area contributed by atoms with E-state index in [4.69, 9.17) is 16.3 Å². The molecule has 0 saturated heterocycles. The van der Waals surface area contributed by atoms with E-state index in [9.17, 15) is 23.6 Å². The first kappa shape index (κ1) is 21.4. The Bertz CT molecular complexity index is 739. The number of imide groups is 2. The second-order valence-corrected chi connectivity index (χ2v) is 6.16. The topological polar surface area (TPSA) is 87.2 Å². The SMILES string of the molecule is CC(C)OC(=O)c1cc(N(C(=O)N(C)C)C(=O)N(C)C=O)c(F)cc1Cl. The average molecular weight is 388 g/mol. The lowest BCUT2D eigenvalue weighted by Crippen LogP contribution is -2.49. The summed E-state index contributed by atoms with van der Waals surface area (Å²) in [4.78, 5) is 49.7. The lowest BCUT2D eigenvalue weighted by atomic mass is 10.1. The maximum Gasteiger partial charge on any atom is 0.339 e. The maximum absolute atomic E-state index is 14.4. The highest BCUT2D eigenvalue weighted by atomic mass is 35.5. The van der Waals surface area contributed by atoms with Crippen LogP contribution < -0.4 is 4.90 Å². The van der Waals surface area contributed by atoms with Crippen LogP contribution in [0.25, 0.3) is 0 Å². The highest BCUT2D eigenvalue weighted by Gasteiger charge is 2.31. The largest absolute Gasteiger partial charge is 0.459 e. The van der Waals surface area contributed by atoms with Crippen molar-refractivity contribution >= 4 is 41.7 Å². The van der Waals surface area contributed by atoms with E-state index in [0.29, 0.717) is 9.80 Å². The third-order valence-corrected chi connectivity index (χ3v) is 3.38. The predicted octanol–water partition coefficient (Wildman–Crippen LogP) is 2.74. The van der Waals surface area contributed by atoms with Gasteiger partial charge in [0, 0.05) is 21.1 Å². The highest BCUT2D eigenvalue weighted by Crippen LogP contribution is 2.29. The van der Waals surface area contributed by atoms with Crippen molar-refractivity contribution in [2.45, 2.75) is 20.0 Å². The van der Waals surface area contributed by atoms with Crippen LogP contribution in [0, 0.1) is 5.82 Å². The molecule has 0 saturated carbocycles. The fourth-order valence-corrected chi connectivity index (χ4v) is 2.06. The van der Waals surface area contributed by atoms with Gasteiger partial charge >= 0.3 is 18.0 Å². The summed E-state index contributed by atoms with van der Waals surface area (Å²) in [6.07, 6.45) is -0.297. The molecule has 0 atom stereocenters. The molecule has 142 valence electrons. The van der Waals surface area contributed by atoms with Crippen LogP contribution >= 0.6 is 11.6 Å². The average Bonchev–Trinajstić information content (AvgIpc) is 2.54. The highest BCUT2D eigenvalue weighted by molar-refractivity contribution is 6.34. The number of anilines is 1. The van der Waals surface area contributed by atoms with Crippen molar-refractivity contribution in [1.82, 2.24) is 9.80 Å². The normalized spacial score (nSPS) is 10.3. The van der Waals surface area contributed by atoms with Gasteiger partial charge in [0.05, 0.1) is 22.4 Å². The number of benzene rings is 1. The van der Waals surface area contributed by atoms with E-state index in [1.807, 2.05) is 0 Å². The first-order valence-electron chi connectivity index (χ1n) is 7.44. The number of rotatable bonds is 4. The summed E-state index contributed by atoms with van der Waals surface area (Å²) < 4.78 is 19.5. The van der Waals surface area contributed by atoms with Gasteiger partial charge in [-0.25, -0.2) is 23.7 Å². The Morgan fingerprint density at radius 1 is 1.15 bits per heavy atom. The van der Waals surface area contributed by atoms with E-state index < -0.39 is 35.6 Å². The van der Waals surface area contributed by atoms with Crippen molar-refractivity contribution < 1.29 is 28.3 Å². The first-order chi connectivity index (χ1) is 12.0. The van der Waals surface area contributed by atoms with Crippen molar-refractivity contribution in [1.29, 1.82) is 0 Å². The minimum atomic E-state index is -1.11. The van der Waals surface area contributed by atoms with Crippen molar-refractivity contribution in [2.24, 2.45) is 0 Å². The molecule has 0 aromatic heterocycles. The monoisotopic (exact) mass is 387 g/mol. The lowest BCUT2D eigenvalue weighted by molar-refractivity contribution is -0.114. The lowest BCUT2D eigenvalue weighted by Gasteiger charge is -2.27. The third-order valence-electron chi connectivity index (χ3n) is 3.07. The Hall–Kier alpha value is -2.68. The van der Waals surface area contributed by atoms with E-state index in [1.54, 1.807) is 13.8 Å². The van der Waals surface area contributed by atoms with Gasteiger partial charge in [-0.05, 0) is 26.0 Å². The summed E-state index contributed by atoms with van der Waals surface area (Å²) in [5.41, 5.74) is -0.766.